The Bertz CT molecular complexity index is 2070. The summed E-state index contributed by atoms with van der Waals surface area (Å²) in [4.78, 5) is 46.0. The number of hydrogen-bond donors (Lipinski definition) is 1. The van der Waals surface area contributed by atoms with Crippen LogP contribution in [0.5, 0.6) is 5.75 Å². The largest absolute Gasteiger partial charge is 0.494 e. The van der Waals surface area contributed by atoms with Gasteiger partial charge in [0.2, 0.25) is 11.9 Å². The minimum absolute atomic E-state index is 0.129. The minimum atomic E-state index is -0.129. The Morgan fingerprint density at radius 3 is 2.40 bits per heavy atom. The predicted molar refractivity (Wildman–Crippen MR) is 220 cm³/mol. The third-order valence-electron chi connectivity index (χ3n) is 12.8. The van der Waals surface area contributed by atoms with Crippen molar-refractivity contribution in [2.24, 2.45) is 23.2 Å². The van der Waals surface area contributed by atoms with Gasteiger partial charge in [0.15, 0.2) is 5.65 Å². The van der Waals surface area contributed by atoms with Crippen molar-refractivity contribution < 1.29 is 9.53 Å². The number of carbonyl (C=O) groups is 1. The van der Waals surface area contributed by atoms with E-state index in [1.807, 2.05) is 31.2 Å². The summed E-state index contributed by atoms with van der Waals surface area (Å²) >= 11 is 0. The highest BCUT2D eigenvalue weighted by atomic mass is 16.5. The van der Waals surface area contributed by atoms with Gasteiger partial charge in [-0.2, -0.15) is 4.98 Å². The molecular formula is C44H58N8O3. The third-order valence-corrected chi connectivity index (χ3v) is 12.8. The van der Waals surface area contributed by atoms with Gasteiger partial charge in [-0.15, -0.1) is 0 Å². The first-order valence-electron chi connectivity index (χ1n) is 20.4. The molecule has 4 fully saturated rings. The first-order valence-corrected chi connectivity index (χ1v) is 20.4. The summed E-state index contributed by atoms with van der Waals surface area (Å²) in [6.07, 6.45) is 8.91. The number of piperazine rings is 2. The van der Waals surface area contributed by atoms with Crippen molar-refractivity contribution >= 4 is 34.3 Å². The first-order chi connectivity index (χ1) is 26.5. The maximum absolute atomic E-state index is 13.6. The number of ether oxygens (including phenoxy) is 1. The second-order valence-corrected chi connectivity index (χ2v) is 17.5. The molecule has 2 aliphatic heterocycles. The molecule has 2 saturated heterocycles. The molecule has 55 heavy (non-hydrogen) atoms. The Morgan fingerprint density at radius 1 is 0.927 bits per heavy atom. The molecule has 4 aromatic rings. The van der Waals surface area contributed by atoms with Crippen molar-refractivity contribution in [2.75, 3.05) is 76.7 Å². The number of amides is 1. The van der Waals surface area contributed by atoms with Crippen LogP contribution < -0.4 is 20.5 Å². The number of anilines is 3. The van der Waals surface area contributed by atoms with Crippen LogP contribution in [-0.4, -0.2) is 102 Å². The van der Waals surface area contributed by atoms with Gasteiger partial charge in [-0.25, -0.2) is 4.98 Å². The summed E-state index contributed by atoms with van der Waals surface area (Å²) in [6, 6.07) is 16.0. The van der Waals surface area contributed by atoms with Crippen LogP contribution in [-0.2, 0) is 11.3 Å². The maximum Gasteiger partial charge on any atom is 0.257 e. The van der Waals surface area contributed by atoms with Crippen LogP contribution in [0, 0.1) is 30.1 Å². The minimum Gasteiger partial charge on any atom is -0.494 e. The van der Waals surface area contributed by atoms with Crippen LogP contribution in [0.15, 0.2) is 59.5 Å². The fourth-order valence-electron chi connectivity index (χ4n) is 10.3. The van der Waals surface area contributed by atoms with Crippen LogP contribution in [0.4, 0.5) is 17.3 Å². The van der Waals surface area contributed by atoms with Crippen LogP contribution in [0.25, 0.3) is 16.7 Å². The van der Waals surface area contributed by atoms with Crippen molar-refractivity contribution in [3.05, 3.63) is 76.2 Å². The molecule has 2 aliphatic carbocycles. The summed E-state index contributed by atoms with van der Waals surface area (Å²) in [7, 11) is 3.83. The number of hydrogen-bond acceptors (Lipinski definition) is 9. The van der Waals surface area contributed by atoms with Gasteiger partial charge in [-0.1, -0.05) is 26.0 Å². The monoisotopic (exact) mass is 746 g/mol. The number of benzene rings is 2. The second-order valence-electron chi connectivity index (χ2n) is 17.5. The van der Waals surface area contributed by atoms with Crippen molar-refractivity contribution in [3.8, 4) is 11.4 Å². The molecule has 2 unspecified atom stereocenters. The molecule has 0 radical (unpaired) electrons. The lowest BCUT2D eigenvalue weighted by Gasteiger charge is -2.48. The van der Waals surface area contributed by atoms with Crippen molar-refractivity contribution in [2.45, 2.75) is 65.8 Å². The Kier molecular flexibility index (Phi) is 10.6. The third kappa shape index (κ3) is 8.24. The van der Waals surface area contributed by atoms with E-state index in [4.69, 9.17) is 9.72 Å². The van der Waals surface area contributed by atoms with Crippen molar-refractivity contribution in [1.82, 2.24) is 29.2 Å². The van der Waals surface area contributed by atoms with E-state index in [0.717, 1.165) is 105 Å². The van der Waals surface area contributed by atoms with Gasteiger partial charge in [-0.3, -0.25) is 19.1 Å². The van der Waals surface area contributed by atoms with E-state index < -0.39 is 0 Å². The highest BCUT2D eigenvalue weighted by Gasteiger charge is 2.42. The molecule has 1 N–H and O–H groups in total. The molecule has 2 aromatic heterocycles. The van der Waals surface area contributed by atoms with Crippen LogP contribution >= 0.6 is 0 Å². The fourth-order valence-corrected chi connectivity index (χ4v) is 10.3. The first kappa shape index (κ1) is 37.4. The number of likely N-dealkylation sites (N-methyl/N-ethyl adjacent to an activating group) is 1. The number of nitrogens with zero attached hydrogens (tertiary/aromatic N) is 7. The average Bonchev–Trinajstić information content (AvgIpc) is 3.15. The lowest BCUT2D eigenvalue weighted by atomic mass is 9.58. The smallest absolute Gasteiger partial charge is 0.257 e. The topological polar surface area (TPSA) is 99.1 Å². The zero-order valence-corrected chi connectivity index (χ0v) is 33.4. The molecule has 2 bridgehead atoms. The number of nitrogens with one attached hydrogen (secondary N) is 1. The lowest BCUT2D eigenvalue weighted by Crippen LogP contribution is -2.50. The van der Waals surface area contributed by atoms with Crippen LogP contribution in [0.1, 0.15) is 63.5 Å². The standard InChI is InChI=1S/C44H58N8O3/c1-30-19-33-22-34(20-30)26-44(3,25-33)27-41(54)51-17-15-50(16-18-51)35-9-10-38(39(24-35)55-5)46-43-45-28-37-31(2)21-40(53)52(42(37)47-43)36-8-6-7-32(23-36)29-49-13-11-48(4)12-14-49/h6-10,21,23-24,28,30,33-34H,11-20,22,25-27,29H2,1-5H3,(H,45,46,47). The van der Waals surface area contributed by atoms with Gasteiger partial charge in [-0.05, 0) is 105 Å². The van der Waals surface area contributed by atoms with E-state index in [1.54, 1.807) is 23.9 Å². The fraction of sp³-hybridized carbons (Fsp3) is 0.545. The predicted octanol–water partition coefficient (Wildman–Crippen LogP) is 6.48. The molecule has 0 spiro atoms. The molecule has 8 rings (SSSR count). The number of aromatic nitrogens is 3. The van der Waals surface area contributed by atoms with Gasteiger partial charge in [0.25, 0.3) is 5.56 Å². The summed E-state index contributed by atoms with van der Waals surface area (Å²) in [5.41, 5.74) is 5.13. The van der Waals surface area contributed by atoms with Crippen molar-refractivity contribution in [1.29, 1.82) is 0 Å². The van der Waals surface area contributed by atoms with Gasteiger partial charge >= 0.3 is 0 Å². The zero-order valence-electron chi connectivity index (χ0n) is 33.4. The van der Waals surface area contributed by atoms with E-state index in [9.17, 15) is 9.59 Å². The zero-order chi connectivity index (χ0) is 38.3. The summed E-state index contributed by atoms with van der Waals surface area (Å²) < 4.78 is 7.56. The Labute approximate surface area is 325 Å². The molecule has 2 atom stereocenters. The quantitative estimate of drug-likeness (QED) is 0.207. The van der Waals surface area contributed by atoms with Gasteiger partial charge in [0.1, 0.15) is 5.75 Å². The van der Waals surface area contributed by atoms with Crippen LogP contribution in [0.3, 0.4) is 0 Å². The number of methoxy groups -OCH3 is 1. The molecule has 2 saturated carbocycles. The molecule has 1 amide bonds. The maximum atomic E-state index is 13.6. The van der Waals surface area contributed by atoms with Crippen LogP contribution in [0.2, 0.25) is 0 Å². The summed E-state index contributed by atoms with van der Waals surface area (Å²) in [6.45, 7) is 14.7. The lowest BCUT2D eigenvalue weighted by molar-refractivity contribution is -0.135. The van der Waals surface area contributed by atoms with E-state index in [1.165, 1.54) is 37.7 Å². The normalized spacial score (nSPS) is 24.9. The Hall–Kier alpha value is -4.48. The highest BCUT2D eigenvalue weighted by molar-refractivity contribution is 5.81. The molecule has 11 nitrogen and oxygen atoms in total. The van der Waals surface area contributed by atoms with E-state index >= 15 is 0 Å². The Balaban J connectivity index is 0.950. The summed E-state index contributed by atoms with van der Waals surface area (Å²) in [5, 5.41) is 4.19. The number of pyridine rings is 1. The van der Waals surface area contributed by atoms with Crippen molar-refractivity contribution in [3.63, 3.8) is 0 Å². The molecule has 2 aromatic carbocycles. The van der Waals surface area contributed by atoms with Gasteiger partial charge in [0.05, 0.1) is 18.5 Å². The van der Waals surface area contributed by atoms with E-state index in [-0.39, 0.29) is 11.0 Å². The Morgan fingerprint density at radius 2 is 1.67 bits per heavy atom. The molecule has 4 heterocycles. The number of aryl methyl sites for hydroxylation is 1. The van der Waals surface area contributed by atoms with Gasteiger partial charge < -0.3 is 24.8 Å². The number of fused-ring (bicyclic) bond motifs is 3. The number of rotatable bonds is 9. The summed E-state index contributed by atoms with van der Waals surface area (Å²) in [5.74, 6) is 3.80. The highest BCUT2D eigenvalue weighted by Crippen LogP contribution is 2.51. The average molecular weight is 747 g/mol. The van der Waals surface area contributed by atoms with E-state index in [2.05, 4.69) is 69.0 Å². The number of carbonyl (C=O) groups excluding carboxylic acids is 1. The second kappa shape index (κ2) is 15.6. The molecule has 292 valence electrons. The van der Waals surface area contributed by atoms with E-state index in [0.29, 0.717) is 29.7 Å². The SMILES string of the molecule is COc1cc(N2CCN(C(=O)CC3(C)CC4CC(C)CC(C4)C3)CC2)ccc1Nc1ncc2c(C)cc(=O)n(-c3cccc(CN4CCN(C)CC4)c3)c2n1. The molecule has 11 heteroatoms. The molecular weight excluding hydrogens is 689 g/mol. The molecule has 4 aliphatic rings. The van der Waals surface area contributed by atoms with Gasteiger partial charge in [0, 0.05) is 94.7 Å².